The van der Waals surface area contributed by atoms with Crippen molar-refractivity contribution >= 4 is 11.6 Å². The molecule has 3 unspecified atom stereocenters. The molecule has 2 heterocycles. The average molecular weight is 308 g/mol. The Hall–Kier alpha value is -0.740. The number of carbonyl (C=O) groups excluding carboxylic acids is 2. The Labute approximate surface area is 132 Å². The predicted octanol–water partition coefficient (Wildman–Crippen LogP) is 3.70. The first-order valence-corrected chi connectivity index (χ1v) is 9.09. The van der Waals surface area contributed by atoms with Gasteiger partial charge in [-0.3, -0.25) is 9.59 Å². The van der Waals surface area contributed by atoms with Gasteiger partial charge in [0.1, 0.15) is 0 Å². The monoisotopic (exact) mass is 308 g/mol. The molecule has 4 nitrogen and oxygen atoms in total. The molecular weight excluding hydrogens is 280 g/mol. The van der Waals surface area contributed by atoms with E-state index in [1.807, 2.05) is 0 Å². The maximum Gasteiger partial charge on any atom is 0.241 e. The van der Waals surface area contributed by atoms with Crippen LogP contribution < -0.4 is 0 Å². The molecule has 0 N–H and O–H groups in total. The van der Waals surface area contributed by atoms with Gasteiger partial charge in [-0.1, -0.05) is 51.9 Å². The average Bonchev–Trinajstić information content (AvgIpc) is 3.19. The second kappa shape index (κ2) is 6.40. The zero-order valence-corrected chi connectivity index (χ0v) is 13.7. The third-order valence-electron chi connectivity index (χ3n) is 5.41. The number of epoxide rings is 1. The first-order valence-electron chi connectivity index (χ1n) is 9.09. The van der Waals surface area contributed by atoms with Crippen molar-refractivity contribution in [3.05, 3.63) is 0 Å². The van der Waals surface area contributed by atoms with E-state index in [9.17, 15) is 9.59 Å². The summed E-state index contributed by atoms with van der Waals surface area (Å²) in [5.41, 5.74) is -1.19. The highest BCUT2D eigenvalue weighted by Crippen LogP contribution is 2.60. The topological polar surface area (TPSA) is 55.9 Å². The maximum atomic E-state index is 12.4. The molecule has 0 aromatic carbocycles. The number of hydrogen-bond donors (Lipinski definition) is 0. The number of ketones is 2. The molecule has 2 aliphatic heterocycles. The van der Waals surface area contributed by atoms with Gasteiger partial charge in [0.25, 0.3) is 0 Å². The van der Waals surface area contributed by atoms with Gasteiger partial charge in [0.2, 0.25) is 11.4 Å². The lowest BCUT2D eigenvalue weighted by Crippen LogP contribution is -2.52. The fourth-order valence-corrected chi connectivity index (χ4v) is 4.12. The summed E-state index contributed by atoms with van der Waals surface area (Å²) in [5, 5.41) is 0. The number of carbonyl (C=O) groups is 2. The summed E-state index contributed by atoms with van der Waals surface area (Å²) < 4.78 is 11.7. The van der Waals surface area contributed by atoms with E-state index in [1.54, 1.807) is 0 Å². The minimum Gasteiger partial charge on any atom is -0.343 e. The van der Waals surface area contributed by atoms with Crippen molar-refractivity contribution in [1.82, 2.24) is 0 Å². The summed E-state index contributed by atoms with van der Waals surface area (Å²) in [5.74, 6) is -0.960. The number of rotatable bonds is 8. The Morgan fingerprint density at radius 2 is 1.77 bits per heavy atom. The minimum atomic E-state index is -1.19. The van der Waals surface area contributed by atoms with Gasteiger partial charge >= 0.3 is 0 Å². The molecule has 2 saturated heterocycles. The number of ether oxygens (including phenoxy) is 2. The lowest BCUT2D eigenvalue weighted by Gasteiger charge is -2.32. The zero-order chi connectivity index (χ0) is 15.6. The standard InChI is InChI=1S/C18H28O4/c1-2-3-4-5-6-7-8-10-14-13-16(20)18-15(19)11-9-12-17(18,21-14)22-18/h14H,2-13H2,1H3. The molecule has 0 bridgehead atoms. The van der Waals surface area contributed by atoms with Crippen LogP contribution in [0.15, 0.2) is 0 Å². The Kier molecular flexibility index (Phi) is 4.69. The van der Waals surface area contributed by atoms with Crippen LogP contribution in [0.4, 0.5) is 0 Å². The molecule has 1 aliphatic carbocycles. The van der Waals surface area contributed by atoms with Gasteiger partial charge in [0.05, 0.1) is 6.10 Å². The van der Waals surface area contributed by atoms with Crippen LogP contribution in [0.2, 0.25) is 0 Å². The summed E-state index contributed by atoms with van der Waals surface area (Å²) in [6, 6.07) is 0. The van der Waals surface area contributed by atoms with Gasteiger partial charge in [-0.25, -0.2) is 0 Å². The van der Waals surface area contributed by atoms with E-state index in [1.165, 1.54) is 38.5 Å². The Morgan fingerprint density at radius 3 is 2.55 bits per heavy atom. The quantitative estimate of drug-likeness (QED) is 0.390. The summed E-state index contributed by atoms with van der Waals surface area (Å²) in [6.07, 6.45) is 12.0. The van der Waals surface area contributed by atoms with E-state index < -0.39 is 11.4 Å². The highest BCUT2D eigenvalue weighted by atomic mass is 16.8. The zero-order valence-electron chi connectivity index (χ0n) is 13.7. The maximum absolute atomic E-state index is 12.4. The third-order valence-corrected chi connectivity index (χ3v) is 5.41. The van der Waals surface area contributed by atoms with Crippen molar-refractivity contribution < 1.29 is 19.1 Å². The normalized spacial score (nSPS) is 36.9. The van der Waals surface area contributed by atoms with Crippen LogP contribution in [0, 0.1) is 0 Å². The molecule has 0 amide bonds. The molecule has 3 atom stereocenters. The van der Waals surface area contributed by atoms with Crippen molar-refractivity contribution in [3.8, 4) is 0 Å². The van der Waals surface area contributed by atoms with E-state index in [4.69, 9.17) is 9.47 Å². The first kappa shape index (κ1) is 16.1. The van der Waals surface area contributed by atoms with Crippen molar-refractivity contribution in [3.63, 3.8) is 0 Å². The highest BCUT2D eigenvalue weighted by molar-refractivity contribution is 6.15. The van der Waals surface area contributed by atoms with Crippen LogP contribution in [0.25, 0.3) is 0 Å². The molecule has 124 valence electrons. The second-order valence-corrected chi connectivity index (χ2v) is 7.09. The molecule has 3 aliphatic rings. The van der Waals surface area contributed by atoms with E-state index in [-0.39, 0.29) is 17.7 Å². The number of Topliss-reactive ketones (excluding diaryl/α,β-unsaturated/α-hetero) is 2. The van der Waals surface area contributed by atoms with Gasteiger partial charge in [-0.15, -0.1) is 0 Å². The molecule has 0 spiro atoms. The molecule has 0 radical (unpaired) electrons. The van der Waals surface area contributed by atoms with Gasteiger partial charge < -0.3 is 9.47 Å². The third kappa shape index (κ3) is 2.65. The van der Waals surface area contributed by atoms with Crippen molar-refractivity contribution in [1.29, 1.82) is 0 Å². The van der Waals surface area contributed by atoms with E-state index >= 15 is 0 Å². The molecule has 0 aromatic heterocycles. The summed E-state index contributed by atoms with van der Waals surface area (Å²) in [4.78, 5) is 24.5. The lowest BCUT2D eigenvalue weighted by molar-refractivity contribution is -0.152. The Balaban J connectivity index is 1.42. The van der Waals surface area contributed by atoms with Crippen LogP contribution in [0.3, 0.4) is 0 Å². The van der Waals surface area contributed by atoms with Gasteiger partial charge in [-0.2, -0.15) is 0 Å². The molecule has 0 aromatic rings. The molecule has 1 saturated carbocycles. The molecule has 3 fully saturated rings. The smallest absolute Gasteiger partial charge is 0.241 e. The fourth-order valence-electron chi connectivity index (χ4n) is 4.12. The summed E-state index contributed by atoms with van der Waals surface area (Å²) >= 11 is 0. The van der Waals surface area contributed by atoms with Crippen LogP contribution in [0.5, 0.6) is 0 Å². The molecule has 4 heteroatoms. The Bertz CT molecular complexity index is 446. The fraction of sp³-hybridized carbons (Fsp3) is 0.889. The second-order valence-electron chi connectivity index (χ2n) is 7.09. The summed E-state index contributed by atoms with van der Waals surface area (Å²) in [7, 11) is 0. The minimum absolute atomic E-state index is 0.0311. The largest absolute Gasteiger partial charge is 0.343 e. The number of unbranched alkanes of at least 4 members (excludes halogenated alkanes) is 6. The van der Waals surface area contributed by atoms with Gasteiger partial charge in [-0.05, 0) is 12.8 Å². The van der Waals surface area contributed by atoms with Crippen LogP contribution in [-0.4, -0.2) is 29.1 Å². The molecule has 22 heavy (non-hydrogen) atoms. The van der Waals surface area contributed by atoms with E-state index in [0.717, 1.165) is 19.3 Å². The van der Waals surface area contributed by atoms with Crippen LogP contribution >= 0.6 is 0 Å². The highest BCUT2D eigenvalue weighted by Gasteiger charge is 2.82. The Morgan fingerprint density at radius 1 is 1.05 bits per heavy atom. The summed E-state index contributed by atoms with van der Waals surface area (Å²) in [6.45, 7) is 2.23. The van der Waals surface area contributed by atoms with Crippen molar-refractivity contribution in [2.24, 2.45) is 0 Å². The lowest BCUT2D eigenvalue weighted by atomic mass is 9.78. The molecule has 3 rings (SSSR count). The van der Waals surface area contributed by atoms with E-state index in [2.05, 4.69) is 6.92 Å². The number of hydrogen-bond acceptors (Lipinski definition) is 4. The van der Waals surface area contributed by atoms with Gasteiger partial charge in [0, 0.05) is 19.3 Å². The van der Waals surface area contributed by atoms with Crippen molar-refractivity contribution in [2.75, 3.05) is 0 Å². The van der Waals surface area contributed by atoms with Crippen LogP contribution in [0.1, 0.15) is 84.0 Å². The first-order chi connectivity index (χ1) is 10.6. The van der Waals surface area contributed by atoms with E-state index in [0.29, 0.717) is 19.3 Å². The SMILES string of the molecule is CCCCCCCCCC1CC(=O)C23OC2(CCCC3=O)O1. The predicted molar refractivity (Wildman–Crippen MR) is 82.5 cm³/mol. The molecular formula is C18H28O4. The van der Waals surface area contributed by atoms with Crippen LogP contribution in [-0.2, 0) is 19.1 Å². The van der Waals surface area contributed by atoms with Crippen molar-refractivity contribution in [2.45, 2.75) is 101 Å². The van der Waals surface area contributed by atoms with Gasteiger partial charge in [0.15, 0.2) is 11.6 Å².